The lowest BCUT2D eigenvalue weighted by Crippen LogP contribution is -2.11. The van der Waals surface area contributed by atoms with E-state index < -0.39 is 0 Å². The highest BCUT2D eigenvalue weighted by Crippen LogP contribution is 2.33. The Labute approximate surface area is 185 Å². The monoisotopic (exact) mass is 429 g/mol. The van der Waals surface area contributed by atoms with Crippen LogP contribution in [0, 0.1) is 6.92 Å². The number of aromatic nitrogens is 1. The zero-order valence-corrected chi connectivity index (χ0v) is 18.2. The first kappa shape index (κ1) is 20.6. The van der Waals surface area contributed by atoms with E-state index in [1.54, 1.807) is 0 Å². The summed E-state index contributed by atoms with van der Waals surface area (Å²) < 4.78 is 5.49. The van der Waals surface area contributed by atoms with Gasteiger partial charge < -0.3 is 15.4 Å². The van der Waals surface area contributed by atoms with Crippen LogP contribution < -0.4 is 15.4 Å². The van der Waals surface area contributed by atoms with Crippen LogP contribution in [0.3, 0.4) is 0 Å². The third-order valence-corrected chi connectivity index (χ3v) is 5.54. The zero-order valence-electron chi connectivity index (χ0n) is 17.4. The van der Waals surface area contributed by atoms with Gasteiger partial charge in [0.2, 0.25) is 0 Å². The fourth-order valence-electron chi connectivity index (χ4n) is 3.15. The molecule has 2 N–H and O–H groups in total. The third-order valence-electron chi connectivity index (χ3n) is 4.57. The van der Waals surface area contributed by atoms with E-state index in [4.69, 9.17) is 9.72 Å². The molecule has 0 spiro atoms. The molecule has 0 aliphatic carbocycles. The fraction of sp³-hybridized carbons (Fsp3) is 0.120. The first-order valence-electron chi connectivity index (χ1n) is 10.1. The minimum absolute atomic E-state index is 0.179. The number of carbonyl (C=O) groups is 1. The number of thiazole rings is 1. The van der Waals surface area contributed by atoms with Crippen LogP contribution in [0.15, 0.2) is 78.9 Å². The van der Waals surface area contributed by atoms with Crippen molar-refractivity contribution in [3.8, 4) is 17.0 Å². The van der Waals surface area contributed by atoms with E-state index in [2.05, 4.69) is 10.6 Å². The van der Waals surface area contributed by atoms with Gasteiger partial charge >= 0.3 is 0 Å². The SMILES string of the molecule is CCOc1ccc(Nc2nc(-c3ccccc3)c(C(=O)Nc3cccc(C)c3)s2)cc1. The van der Waals surface area contributed by atoms with Crippen LogP contribution in [0.25, 0.3) is 11.3 Å². The Balaban J connectivity index is 1.63. The van der Waals surface area contributed by atoms with Crippen molar-refractivity contribution in [1.82, 2.24) is 4.98 Å². The molecule has 1 aromatic heterocycles. The number of nitrogens with zero attached hydrogens (tertiary/aromatic N) is 1. The summed E-state index contributed by atoms with van der Waals surface area (Å²) in [6, 6.07) is 25.2. The summed E-state index contributed by atoms with van der Waals surface area (Å²) in [6.07, 6.45) is 0. The largest absolute Gasteiger partial charge is 0.494 e. The molecule has 6 heteroatoms. The van der Waals surface area contributed by atoms with E-state index in [-0.39, 0.29) is 5.91 Å². The molecule has 0 aliphatic heterocycles. The van der Waals surface area contributed by atoms with E-state index in [1.807, 2.05) is 92.7 Å². The highest BCUT2D eigenvalue weighted by atomic mass is 32.1. The van der Waals surface area contributed by atoms with E-state index in [0.29, 0.717) is 22.3 Å². The van der Waals surface area contributed by atoms with Crippen molar-refractivity contribution in [3.63, 3.8) is 0 Å². The standard InChI is InChI=1S/C25H23N3O2S/c1-3-30-21-14-12-19(13-15-21)27-25-28-22(18-9-5-4-6-10-18)23(31-25)24(29)26-20-11-7-8-17(2)16-20/h4-16H,3H2,1-2H3,(H,26,29)(H,27,28). The fourth-order valence-corrected chi connectivity index (χ4v) is 4.06. The van der Waals surface area contributed by atoms with Crippen LogP contribution >= 0.6 is 11.3 Å². The molecule has 3 aromatic carbocycles. The Morgan fingerprint density at radius 3 is 2.45 bits per heavy atom. The van der Waals surface area contributed by atoms with E-state index in [9.17, 15) is 4.79 Å². The van der Waals surface area contributed by atoms with Gasteiger partial charge in [0.15, 0.2) is 5.13 Å². The van der Waals surface area contributed by atoms with Crippen LogP contribution in [0.1, 0.15) is 22.2 Å². The summed E-state index contributed by atoms with van der Waals surface area (Å²) in [5, 5.41) is 6.95. The number of carbonyl (C=O) groups excluding carboxylic acids is 1. The number of aryl methyl sites for hydroxylation is 1. The highest BCUT2D eigenvalue weighted by Gasteiger charge is 2.20. The normalized spacial score (nSPS) is 10.5. The molecule has 0 aliphatic rings. The van der Waals surface area contributed by atoms with Crippen molar-refractivity contribution in [1.29, 1.82) is 0 Å². The van der Waals surface area contributed by atoms with E-state index in [1.165, 1.54) is 11.3 Å². The number of ether oxygens (including phenoxy) is 1. The van der Waals surface area contributed by atoms with E-state index >= 15 is 0 Å². The first-order chi connectivity index (χ1) is 15.1. The van der Waals surface area contributed by atoms with Gasteiger partial charge in [0.1, 0.15) is 10.6 Å². The number of rotatable bonds is 7. The number of anilines is 3. The molecule has 0 saturated carbocycles. The van der Waals surface area contributed by atoms with Crippen molar-refractivity contribution < 1.29 is 9.53 Å². The van der Waals surface area contributed by atoms with Crippen LogP contribution in [0.5, 0.6) is 5.75 Å². The van der Waals surface area contributed by atoms with Crippen molar-refractivity contribution in [2.45, 2.75) is 13.8 Å². The van der Waals surface area contributed by atoms with E-state index in [0.717, 1.165) is 28.3 Å². The summed E-state index contributed by atoms with van der Waals surface area (Å²) in [4.78, 5) is 18.4. The Morgan fingerprint density at radius 2 is 1.74 bits per heavy atom. The molecule has 0 saturated heterocycles. The summed E-state index contributed by atoms with van der Waals surface area (Å²) in [7, 11) is 0. The Hall–Kier alpha value is -3.64. The first-order valence-corrected chi connectivity index (χ1v) is 10.9. The highest BCUT2D eigenvalue weighted by molar-refractivity contribution is 7.18. The predicted octanol–water partition coefficient (Wildman–Crippen LogP) is 6.51. The number of benzene rings is 3. The molecule has 156 valence electrons. The molecule has 1 amide bonds. The lowest BCUT2D eigenvalue weighted by molar-refractivity contribution is 0.103. The predicted molar refractivity (Wildman–Crippen MR) is 128 cm³/mol. The van der Waals surface area contributed by atoms with Crippen LogP contribution in [0.2, 0.25) is 0 Å². The van der Waals surface area contributed by atoms with Gasteiger partial charge in [-0.2, -0.15) is 0 Å². The number of hydrogen-bond donors (Lipinski definition) is 2. The zero-order chi connectivity index (χ0) is 21.6. The van der Waals surface area contributed by atoms with Crippen LogP contribution in [-0.2, 0) is 0 Å². The molecule has 4 rings (SSSR count). The van der Waals surface area contributed by atoms with Crippen molar-refractivity contribution in [2.24, 2.45) is 0 Å². The molecular weight excluding hydrogens is 406 g/mol. The van der Waals surface area contributed by atoms with Gasteiger partial charge in [-0.15, -0.1) is 0 Å². The lowest BCUT2D eigenvalue weighted by Gasteiger charge is -2.06. The van der Waals surface area contributed by atoms with Gasteiger partial charge in [0, 0.05) is 16.9 Å². The van der Waals surface area contributed by atoms with Crippen molar-refractivity contribution >= 4 is 33.8 Å². The summed E-state index contributed by atoms with van der Waals surface area (Å²) in [5.74, 6) is 0.636. The number of nitrogens with one attached hydrogen (secondary N) is 2. The Kier molecular flexibility index (Phi) is 6.29. The minimum Gasteiger partial charge on any atom is -0.494 e. The molecule has 5 nitrogen and oxygen atoms in total. The van der Waals surface area contributed by atoms with Crippen molar-refractivity contribution in [3.05, 3.63) is 89.3 Å². The van der Waals surface area contributed by atoms with Crippen LogP contribution in [0.4, 0.5) is 16.5 Å². The van der Waals surface area contributed by atoms with Crippen LogP contribution in [-0.4, -0.2) is 17.5 Å². The average Bonchev–Trinajstić information content (AvgIpc) is 3.20. The maximum Gasteiger partial charge on any atom is 0.268 e. The Bertz CT molecular complexity index is 1170. The van der Waals surface area contributed by atoms with Gasteiger partial charge in [-0.25, -0.2) is 4.98 Å². The Morgan fingerprint density at radius 1 is 0.968 bits per heavy atom. The minimum atomic E-state index is -0.179. The summed E-state index contributed by atoms with van der Waals surface area (Å²) in [5.41, 5.74) is 4.28. The maximum absolute atomic E-state index is 13.1. The number of amides is 1. The second-order valence-corrected chi connectivity index (χ2v) is 7.97. The quantitative estimate of drug-likeness (QED) is 0.351. The molecule has 0 radical (unpaired) electrons. The molecule has 4 aromatic rings. The molecule has 0 atom stereocenters. The second kappa shape index (κ2) is 9.45. The van der Waals surface area contributed by atoms with Crippen molar-refractivity contribution in [2.75, 3.05) is 17.2 Å². The van der Waals surface area contributed by atoms with Gasteiger partial charge in [-0.3, -0.25) is 4.79 Å². The van der Waals surface area contributed by atoms with Gasteiger partial charge in [0.05, 0.1) is 12.3 Å². The summed E-state index contributed by atoms with van der Waals surface area (Å²) in [6.45, 7) is 4.58. The number of hydrogen-bond acceptors (Lipinski definition) is 5. The topological polar surface area (TPSA) is 63.2 Å². The molecule has 0 bridgehead atoms. The maximum atomic E-state index is 13.1. The lowest BCUT2D eigenvalue weighted by atomic mass is 10.1. The molecule has 0 fully saturated rings. The van der Waals surface area contributed by atoms with Gasteiger partial charge in [-0.1, -0.05) is 53.8 Å². The van der Waals surface area contributed by atoms with Gasteiger partial charge in [-0.05, 0) is 55.8 Å². The smallest absolute Gasteiger partial charge is 0.268 e. The van der Waals surface area contributed by atoms with Gasteiger partial charge in [0.25, 0.3) is 5.91 Å². The second-order valence-electron chi connectivity index (χ2n) is 6.97. The third kappa shape index (κ3) is 5.10. The molecular formula is C25H23N3O2S. The average molecular weight is 430 g/mol. The molecule has 1 heterocycles. The summed E-state index contributed by atoms with van der Waals surface area (Å²) >= 11 is 1.33. The molecule has 31 heavy (non-hydrogen) atoms. The molecule has 0 unspecified atom stereocenters.